The first-order chi connectivity index (χ1) is 19.3. The molecule has 2 heterocycles. The molecule has 1 saturated heterocycles. The molecule has 1 fully saturated rings. The fourth-order valence-corrected chi connectivity index (χ4v) is 5.28. The van der Waals surface area contributed by atoms with Crippen LogP contribution in [0.15, 0.2) is 65.5 Å². The van der Waals surface area contributed by atoms with Crippen LogP contribution < -0.4 is 15.0 Å². The maximum absolute atomic E-state index is 15.4. The van der Waals surface area contributed by atoms with Crippen LogP contribution in [0.3, 0.4) is 0 Å². The van der Waals surface area contributed by atoms with Crippen molar-refractivity contribution in [2.24, 2.45) is 5.92 Å². The highest BCUT2D eigenvalue weighted by Gasteiger charge is 2.25. The van der Waals surface area contributed by atoms with Gasteiger partial charge in [0.1, 0.15) is 42.2 Å². The first-order valence-electron chi connectivity index (χ1n) is 13.8. The van der Waals surface area contributed by atoms with E-state index in [1.165, 1.54) is 6.07 Å². The molecule has 1 aromatic heterocycles. The number of likely N-dealkylation sites (tertiary alicyclic amines) is 1. The maximum Gasteiger partial charge on any atom is 0.261 e. The van der Waals surface area contributed by atoms with Gasteiger partial charge in [-0.3, -0.25) is 9.36 Å². The molecule has 0 bridgehead atoms. The molecule has 5 rings (SSSR count). The van der Waals surface area contributed by atoms with E-state index in [0.717, 1.165) is 31.5 Å². The minimum absolute atomic E-state index is 0.154. The SMILES string of the molecule is Cc1ccc(Oc2ccc3nc(-c4ccc(OCCF)cc4F)n(C[C@H]4CCCN(C(C)C)C4)c(=O)c3c2)cc1. The van der Waals surface area contributed by atoms with Crippen LogP contribution in [0.4, 0.5) is 8.78 Å². The standard InChI is InChI=1S/C32H35F2N3O3/c1-21(2)36-15-4-5-23(19-36)20-37-31(27-12-10-25(18-29(27)34)39-16-14-33)35-30-13-11-26(17-28(30)32(37)38)40-24-8-6-22(3)7-9-24/h6-13,17-18,21,23H,4-5,14-16,19-20H2,1-3H3/t23-/m0/s1. The minimum Gasteiger partial charge on any atom is -0.491 e. The molecule has 0 radical (unpaired) electrons. The Bertz CT molecular complexity index is 1540. The Hall–Kier alpha value is -3.78. The molecule has 6 nitrogen and oxygen atoms in total. The first-order valence-corrected chi connectivity index (χ1v) is 13.8. The van der Waals surface area contributed by atoms with Gasteiger partial charge in [-0.15, -0.1) is 0 Å². The molecule has 0 unspecified atom stereocenters. The average molecular weight is 548 g/mol. The van der Waals surface area contributed by atoms with E-state index >= 15 is 4.39 Å². The summed E-state index contributed by atoms with van der Waals surface area (Å²) in [5.41, 5.74) is 1.53. The summed E-state index contributed by atoms with van der Waals surface area (Å²) in [5.74, 6) is 1.33. The maximum atomic E-state index is 15.4. The highest BCUT2D eigenvalue weighted by molar-refractivity contribution is 5.81. The molecule has 8 heteroatoms. The van der Waals surface area contributed by atoms with Gasteiger partial charge < -0.3 is 14.4 Å². The van der Waals surface area contributed by atoms with Crippen molar-refractivity contribution in [3.8, 4) is 28.6 Å². The van der Waals surface area contributed by atoms with Crippen molar-refractivity contribution in [3.63, 3.8) is 0 Å². The Morgan fingerprint density at radius 1 is 1.02 bits per heavy atom. The Morgan fingerprint density at radius 3 is 2.50 bits per heavy atom. The first kappa shape index (κ1) is 27.8. The van der Waals surface area contributed by atoms with Crippen LogP contribution in [0.2, 0.25) is 0 Å². The molecule has 3 aromatic carbocycles. The van der Waals surface area contributed by atoms with Crippen LogP contribution in [-0.2, 0) is 6.54 Å². The second kappa shape index (κ2) is 12.2. The normalized spacial score (nSPS) is 16.0. The van der Waals surface area contributed by atoms with E-state index in [2.05, 4.69) is 18.7 Å². The number of hydrogen-bond donors (Lipinski definition) is 0. The predicted molar refractivity (Wildman–Crippen MR) is 154 cm³/mol. The van der Waals surface area contributed by atoms with E-state index in [1.807, 2.05) is 31.2 Å². The van der Waals surface area contributed by atoms with Crippen molar-refractivity contribution in [1.82, 2.24) is 14.5 Å². The van der Waals surface area contributed by atoms with Gasteiger partial charge >= 0.3 is 0 Å². The minimum atomic E-state index is -0.667. The number of ether oxygens (including phenoxy) is 2. The number of aromatic nitrogens is 2. The van der Waals surface area contributed by atoms with Gasteiger partial charge in [0.25, 0.3) is 5.56 Å². The third-order valence-electron chi connectivity index (χ3n) is 7.43. The predicted octanol–water partition coefficient (Wildman–Crippen LogP) is 6.77. The summed E-state index contributed by atoms with van der Waals surface area (Å²) in [5, 5.41) is 0.410. The fourth-order valence-electron chi connectivity index (χ4n) is 5.28. The molecule has 1 aliphatic rings. The number of alkyl halides is 1. The lowest BCUT2D eigenvalue weighted by Crippen LogP contribution is -2.42. The summed E-state index contributed by atoms with van der Waals surface area (Å²) < 4.78 is 40.8. The van der Waals surface area contributed by atoms with Gasteiger partial charge in [-0.1, -0.05) is 17.7 Å². The van der Waals surface area contributed by atoms with E-state index < -0.39 is 12.5 Å². The number of piperidine rings is 1. The van der Waals surface area contributed by atoms with Crippen LogP contribution in [0.1, 0.15) is 32.3 Å². The fraction of sp³-hybridized carbons (Fsp3) is 0.375. The van der Waals surface area contributed by atoms with Gasteiger partial charge in [-0.2, -0.15) is 0 Å². The highest BCUT2D eigenvalue weighted by atomic mass is 19.1. The molecule has 40 heavy (non-hydrogen) atoms. The van der Waals surface area contributed by atoms with E-state index in [4.69, 9.17) is 14.5 Å². The molecule has 4 aromatic rings. The average Bonchev–Trinajstić information content (AvgIpc) is 2.95. The van der Waals surface area contributed by atoms with E-state index in [-0.39, 0.29) is 35.2 Å². The van der Waals surface area contributed by atoms with Crippen molar-refractivity contribution in [2.75, 3.05) is 26.4 Å². The monoisotopic (exact) mass is 547 g/mol. The van der Waals surface area contributed by atoms with E-state index in [1.54, 1.807) is 34.9 Å². The highest BCUT2D eigenvalue weighted by Crippen LogP contribution is 2.30. The molecule has 0 saturated carbocycles. The van der Waals surface area contributed by atoms with Crippen LogP contribution >= 0.6 is 0 Å². The molecular formula is C32H35F2N3O3. The van der Waals surface area contributed by atoms with Crippen LogP contribution in [0.25, 0.3) is 22.3 Å². The summed E-state index contributed by atoms with van der Waals surface area (Å²) in [6, 6.07) is 17.6. The van der Waals surface area contributed by atoms with Crippen molar-refractivity contribution in [2.45, 2.75) is 46.2 Å². The van der Waals surface area contributed by atoms with Crippen LogP contribution in [-0.4, -0.2) is 46.9 Å². The zero-order valence-electron chi connectivity index (χ0n) is 23.2. The number of halogens is 2. The molecule has 0 spiro atoms. The summed E-state index contributed by atoms with van der Waals surface area (Å²) in [6.07, 6.45) is 2.01. The van der Waals surface area contributed by atoms with Gasteiger partial charge in [-0.05, 0) is 88.5 Å². The molecule has 0 amide bonds. The van der Waals surface area contributed by atoms with Gasteiger partial charge in [-0.25, -0.2) is 13.8 Å². The molecule has 210 valence electrons. The smallest absolute Gasteiger partial charge is 0.261 e. The Kier molecular flexibility index (Phi) is 8.45. The number of aryl methyl sites for hydroxylation is 1. The Balaban J connectivity index is 1.57. The van der Waals surface area contributed by atoms with E-state index in [0.29, 0.717) is 35.0 Å². The van der Waals surface area contributed by atoms with Crippen molar-refractivity contribution >= 4 is 10.9 Å². The second-order valence-corrected chi connectivity index (χ2v) is 10.7. The van der Waals surface area contributed by atoms with Crippen LogP contribution in [0, 0.1) is 18.7 Å². The number of benzene rings is 3. The molecule has 1 atom stereocenters. The topological polar surface area (TPSA) is 56.6 Å². The lowest BCUT2D eigenvalue weighted by molar-refractivity contribution is 0.130. The number of nitrogens with zero attached hydrogens (tertiary/aromatic N) is 3. The lowest BCUT2D eigenvalue weighted by Gasteiger charge is -2.35. The lowest BCUT2D eigenvalue weighted by atomic mass is 9.96. The summed E-state index contributed by atoms with van der Waals surface area (Å²) >= 11 is 0. The Labute approximate surface area is 233 Å². The van der Waals surface area contributed by atoms with Crippen LogP contribution in [0.5, 0.6) is 17.2 Å². The number of rotatable bonds is 9. The molecule has 1 aliphatic heterocycles. The van der Waals surface area contributed by atoms with Gasteiger partial charge in [0.15, 0.2) is 0 Å². The Morgan fingerprint density at radius 2 is 1.77 bits per heavy atom. The zero-order chi connectivity index (χ0) is 28.2. The number of fused-ring (bicyclic) bond motifs is 1. The summed E-state index contributed by atoms with van der Waals surface area (Å²) in [6.45, 7) is 7.84. The summed E-state index contributed by atoms with van der Waals surface area (Å²) in [4.78, 5) is 21.3. The largest absolute Gasteiger partial charge is 0.491 e. The van der Waals surface area contributed by atoms with Crippen molar-refractivity contribution < 1.29 is 18.3 Å². The third-order valence-corrected chi connectivity index (χ3v) is 7.43. The third kappa shape index (κ3) is 6.17. The zero-order valence-corrected chi connectivity index (χ0v) is 23.2. The number of hydrogen-bond acceptors (Lipinski definition) is 5. The van der Waals surface area contributed by atoms with Crippen molar-refractivity contribution in [1.29, 1.82) is 0 Å². The molecular weight excluding hydrogens is 512 g/mol. The second-order valence-electron chi connectivity index (χ2n) is 10.7. The van der Waals surface area contributed by atoms with Crippen molar-refractivity contribution in [3.05, 3.63) is 82.4 Å². The van der Waals surface area contributed by atoms with Gasteiger partial charge in [0.2, 0.25) is 0 Å². The quantitative estimate of drug-likeness (QED) is 0.231. The summed E-state index contributed by atoms with van der Waals surface area (Å²) in [7, 11) is 0. The van der Waals surface area contributed by atoms with Gasteiger partial charge in [0, 0.05) is 25.2 Å². The van der Waals surface area contributed by atoms with E-state index in [9.17, 15) is 9.18 Å². The molecule has 0 N–H and O–H groups in total. The molecule has 0 aliphatic carbocycles. The van der Waals surface area contributed by atoms with Gasteiger partial charge in [0.05, 0.1) is 16.5 Å².